The Kier molecular flexibility index (Phi) is 6.26. The fraction of sp³-hybridized carbons (Fsp3) is 0.316. The highest BCUT2D eigenvalue weighted by atomic mass is 32.2. The summed E-state index contributed by atoms with van der Waals surface area (Å²) >= 11 is 0. The van der Waals surface area contributed by atoms with Gasteiger partial charge in [0.25, 0.3) is 10.0 Å². The largest absolute Gasteiger partial charge is 0.492 e. The molecule has 26 heavy (non-hydrogen) atoms. The molecule has 2 rings (SSSR count). The van der Waals surface area contributed by atoms with E-state index in [4.69, 9.17) is 4.74 Å². The number of carbonyl (C=O) groups excluding carboxylic acids is 1. The number of hydrogen-bond donors (Lipinski definition) is 2. The second-order valence-corrected chi connectivity index (χ2v) is 7.53. The summed E-state index contributed by atoms with van der Waals surface area (Å²) in [5, 5.41) is 2.69. The van der Waals surface area contributed by atoms with Crippen LogP contribution in [0.4, 0.5) is 11.4 Å². The molecule has 0 heterocycles. The number of rotatable bonds is 7. The van der Waals surface area contributed by atoms with E-state index in [0.717, 1.165) is 11.1 Å². The lowest BCUT2D eigenvalue weighted by Gasteiger charge is -2.15. The van der Waals surface area contributed by atoms with Gasteiger partial charge in [-0.3, -0.25) is 9.52 Å². The van der Waals surface area contributed by atoms with Crippen LogP contribution >= 0.6 is 0 Å². The van der Waals surface area contributed by atoms with Gasteiger partial charge in [-0.1, -0.05) is 19.1 Å². The van der Waals surface area contributed by atoms with Gasteiger partial charge in [0, 0.05) is 6.42 Å². The average molecular weight is 376 g/mol. The number of benzene rings is 2. The van der Waals surface area contributed by atoms with Gasteiger partial charge in [-0.15, -0.1) is 0 Å². The molecule has 0 saturated carbocycles. The Morgan fingerprint density at radius 3 is 2.46 bits per heavy atom. The van der Waals surface area contributed by atoms with Crippen LogP contribution in [0.3, 0.4) is 0 Å². The average Bonchev–Trinajstić information content (AvgIpc) is 2.60. The van der Waals surface area contributed by atoms with Crippen molar-refractivity contribution < 1.29 is 17.9 Å². The molecule has 6 nitrogen and oxygen atoms in total. The summed E-state index contributed by atoms with van der Waals surface area (Å²) in [4.78, 5) is 11.8. The van der Waals surface area contributed by atoms with E-state index in [2.05, 4.69) is 10.0 Å². The normalized spacial score (nSPS) is 11.1. The number of ether oxygens (including phenoxy) is 1. The Morgan fingerprint density at radius 2 is 1.81 bits per heavy atom. The molecule has 2 N–H and O–H groups in total. The minimum Gasteiger partial charge on any atom is -0.492 e. The second kappa shape index (κ2) is 8.23. The lowest BCUT2D eigenvalue weighted by Crippen LogP contribution is -2.16. The Bertz CT molecular complexity index is 908. The maximum atomic E-state index is 12.8. The lowest BCUT2D eigenvalue weighted by molar-refractivity contribution is -0.115. The number of carbonyl (C=O) groups is 1. The Labute approximate surface area is 154 Å². The third-order valence-corrected chi connectivity index (χ3v) is 5.37. The van der Waals surface area contributed by atoms with E-state index < -0.39 is 10.0 Å². The molecule has 7 heteroatoms. The van der Waals surface area contributed by atoms with Gasteiger partial charge < -0.3 is 10.1 Å². The van der Waals surface area contributed by atoms with Gasteiger partial charge in [0.15, 0.2) is 0 Å². The molecule has 0 aliphatic carbocycles. The number of amides is 1. The molecule has 0 spiro atoms. The fourth-order valence-corrected chi connectivity index (χ4v) is 3.51. The van der Waals surface area contributed by atoms with Crippen molar-refractivity contribution in [2.75, 3.05) is 16.6 Å². The van der Waals surface area contributed by atoms with Crippen LogP contribution in [0, 0.1) is 13.8 Å². The van der Waals surface area contributed by atoms with Crippen LogP contribution in [-0.4, -0.2) is 20.9 Å². The van der Waals surface area contributed by atoms with Gasteiger partial charge in [-0.05, 0) is 56.2 Å². The molecular weight excluding hydrogens is 352 g/mol. The van der Waals surface area contributed by atoms with Gasteiger partial charge in [0.05, 0.1) is 22.9 Å². The molecule has 0 aromatic heterocycles. The van der Waals surface area contributed by atoms with Gasteiger partial charge >= 0.3 is 0 Å². The van der Waals surface area contributed by atoms with E-state index in [0.29, 0.717) is 23.7 Å². The van der Waals surface area contributed by atoms with Crippen LogP contribution in [0.1, 0.15) is 31.4 Å². The molecule has 2 aromatic rings. The van der Waals surface area contributed by atoms with Crippen molar-refractivity contribution in [3.63, 3.8) is 0 Å². The molecule has 0 atom stereocenters. The van der Waals surface area contributed by atoms with Crippen LogP contribution in [0.5, 0.6) is 5.75 Å². The third kappa shape index (κ3) is 4.54. The molecule has 0 radical (unpaired) electrons. The quantitative estimate of drug-likeness (QED) is 0.769. The van der Waals surface area contributed by atoms with Crippen LogP contribution in [0.15, 0.2) is 41.3 Å². The van der Waals surface area contributed by atoms with E-state index >= 15 is 0 Å². The minimum atomic E-state index is -3.81. The van der Waals surface area contributed by atoms with Crippen LogP contribution < -0.4 is 14.8 Å². The number of sulfonamides is 1. The zero-order valence-corrected chi connectivity index (χ0v) is 16.2. The summed E-state index contributed by atoms with van der Waals surface area (Å²) in [5.74, 6) is 0.211. The molecule has 0 fully saturated rings. The smallest absolute Gasteiger partial charge is 0.261 e. The topological polar surface area (TPSA) is 84.5 Å². The number of anilines is 2. The van der Waals surface area contributed by atoms with E-state index in [9.17, 15) is 13.2 Å². The maximum Gasteiger partial charge on any atom is 0.261 e. The summed E-state index contributed by atoms with van der Waals surface area (Å²) in [5.41, 5.74) is 2.72. The fourth-order valence-electron chi connectivity index (χ4n) is 2.36. The molecule has 2 aromatic carbocycles. The summed E-state index contributed by atoms with van der Waals surface area (Å²) in [7, 11) is -3.81. The first-order valence-corrected chi connectivity index (χ1v) is 9.92. The Morgan fingerprint density at radius 1 is 1.08 bits per heavy atom. The van der Waals surface area contributed by atoms with Crippen LogP contribution in [0.25, 0.3) is 0 Å². The van der Waals surface area contributed by atoms with Gasteiger partial charge in [0.2, 0.25) is 5.91 Å². The summed E-state index contributed by atoms with van der Waals surface area (Å²) in [6, 6.07) is 9.85. The van der Waals surface area contributed by atoms with Gasteiger partial charge in [-0.2, -0.15) is 0 Å². The van der Waals surface area contributed by atoms with Crippen molar-refractivity contribution in [2.24, 2.45) is 0 Å². The van der Waals surface area contributed by atoms with Crippen LogP contribution in [-0.2, 0) is 14.8 Å². The standard InChI is InChI=1S/C19H24N2O4S/c1-5-19(22)20-17-12-15(10-11-18(17)25-6-2)26(23,24)21-16-9-7-8-13(3)14(16)4/h7-12,21H,5-6H2,1-4H3,(H,20,22). The Balaban J connectivity index is 2.40. The Hall–Kier alpha value is -2.54. The van der Waals surface area contributed by atoms with Crippen molar-refractivity contribution in [2.45, 2.75) is 39.0 Å². The number of aryl methyl sites for hydroxylation is 1. The highest BCUT2D eigenvalue weighted by Gasteiger charge is 2.19. The number of nitrogens with one attached hydrogen (secondary N) is 2. The first-order valence-electron chi connectivity index (χ1n) is 8.44. The van der Waals surface area contributed by atoms with Crippen molar-refractivity contribution >= 4 is 27.3 Å². The SMILES string of the molecule is CCOc1ccc(S(=O)(=O)Nc2cccc(C)c2C)cc1NC(=O)CC. The lowest BCUT2D eigenvalue weighted by atomic mass is 10.1. The van der Waals surface area contributed by atoms with Crippen molar-refractivity contribution in [1.29, 1.82) is 0 Å². The molecule has 1 amide bonds. The van der Waals surface area contributed by atoms with Crippen molar-refractivity contribution in [1.82, 2.24) is 0 Å². The molecule has 0 saturated heterocycles. The summed E-state index contributed by atoms with van der Waals surface area (Å²) in [6.45, 7) is 7.72. The van der Waals surface area contributed by atoms with Crippen molar-refractivity contribution in [3.8, 4) is 5.75 Å². The predicted molar refractivity (Wildman–Crippen MR) is 103 cm³/mol. The molecule has 0 unspecified atom stereocenters. The third-order valence-electron chi connectivity index (χ3n) is 4.01. The molecule has 0 bridgehead atoms. The predicted octanol–water partition coefficient (Wildman–Crippen LogP) is 3.85. The first kappa shape index (κ1) is 19.8. The highest BCUT2D eigenvalue weighted by molar-refractivity contribution is 7.92. The molecule has 140 valence electrons. The van der Waals surface area contributed by atoms with Crippen molar-refractivity contribution in [3.05, 3.63) is 47.5 Å². The van der Waals surface area contributed by atoms with Gasteiger partial charge in [0.1, 0.15) is 5.75 Å². The van der Waals surface area contributed by atoms with E-state index in [-0.39, 0.29) is 17.2 Å². The zero-order chi connectivity index (χ0) is 19.3. The monoisotopic (exact) mass is 376 g/mol. The summed E-state index contributed by atoms with van der Waals surface area (Å²) in [6.07, 6.45) is 0.281. The van der Waals surface area contributed by atoms with E-state index in [1.54, 1.807) is 25.1 Å². The first-order chi connectivity index (χ1) is 12.3. The molecular formula is C19H24N2O4S. The molecule has 0 aliphatic rings. The second-order valence-electron chi connectivity index (χ2n) is 5.85. The number of hydrogen-bond acceptors (Lipinski definition) is 4. The maximum absolute atomic E-state index is 12.8. The van der Waals surface area contributed by atoms with E-state index in [1.165, 1.54) is 12.1 Å². The highest BCUT2D eigenvalue weighted by Crippen LogP contribution is 2.29. The minimum absolute atomic E-state index is 0.0493. The molecule has 0 aliphatic heterocycles. The van der Waals surface area contributed by atoms with E-state index in [1.807, 2.05) is 26.8 Å². The van der Waals surface area contributed by atoms with Gasteiger partial charge in [-0.25, -0.2) is 8.42 Å². The summed E-state index contributed by atoms with van der Waals surface area (Å²) < 4.78 is 33.6. The van der Waals surface area contributed by atoms with Crippen LogP contribution in [0.2, 0.25) is 0 Å². The zero-order valence-electron chi connectivity index (χ0n) is 15.4.